The molecule has 3 aliphatic heterocycles. The molecule has 1 aromatic rings. The molecule has 3 saturated heterocycles. The maximum absolute atomic E-state index is 12.1. The van der Waals surface area contributed by atoms with Crippen LogP contribution in [0.1, 0.15) is 30.1 Å². The summed E-state index contributed by atoms with van der Waals surface area (Å²) in [5.41, 5.74) is 1.34. The Morgan fingerprint density at radius 2 is 2.08 bits per heavy atom. The molecule has 0 saturated carbocycles. The van der Waals surface area contributed by atoms with Crippen LogP contribution in [0, 0.1) is 11.8 Å². The van der Waals surface area contributed by atoms with Gasteiger partial charge in [-0.1, -0.05) is 6.08 Å². The van der Waals surface area contributed by atoms with Crippen LogP contribution >= 0.6 is 0 Å². The molecule has 24 heavy (non-hydrogen) atoms. The Kier molecular flexibility index (Phi) is 5.00. The van der Waals surface area contributed by atoms with Gasteiger partial charge >= 0.3 is 6.03 Å². The first-order valence-electron chi connectivity index (χ1n) is 8.70. The zero-order chi connectivity index (χ0) is 17.1. The quantitative estimate of drug-likeness (QED) is 0.566. The molecule has 3 heterocycles. The predicted molar refractivity (Wildman–Crippen MR) is 94.4 cm³/mol. The number of urea groups is 1. The molecular formula is C19H26N3O2+. The van der Waals surface area contributed by atoms with Crippen LogP contribution < -0.4 is 15.5 Å². The second-order valence-electron chi connectivity index (χ2n) is 6.96. The number of hydrogen-bond donors (Lipinski definition) is 3. The Hall–Kier alpha value is -2.14. The lowest BCUT2D eigenvalue weighted by Crippen LogP contribution is -3.20. The fourth-order valence-corrected chi connectivity index (χ4v) is 4.03. The van der Waals surface area contributed by atoms with Crippen molar-refractivity contribution in [3.8, 4) is 0 Å². The van der Waals surface area contributed by atoms with Gasteiger partial charge in [-0.05, 0) is 37.1 Å². The van der Waals surface area contributed by atoms with E-state index in [0.29, 0.717) is 29.8 Å². The van der Waals surface area contributed by atoms with Crippen molar-refractivity contribution in [2.75, 3.05) is 25.0 Å². The number of carbonyl (C=O) groups excluding carboxylic acids is 2. The Balaban J connectivity index is 1.48. The number of fused-ring (bicyclic) bond motifs is 3. The zero-order valence-corrected chi connectivity index (χ0v) is 14.2. The van der Waals surface area contributed by atoms with Crippen LogP contribution in [0.5, 0.6) is 0 Å². The highest BCUT2D eigenvalue weighted by atomic mass is 16.2. The first-order valence-corrected chi connectivity index (χ1v) is 8.70. The fraction of sp³-hybridized carbons (Fsp3) is 0.474. The highest BCUT2D eigenvalue weighted by Crippen LogP contribution is 2.27. The molecule has 4 atom stereocenters. The van der Waals surface area contributed by atoms with Crippen LogP contribution in [-0.4, -0.2) is 37.5 Å². The molecule has 5 nitrogen and oxygen atoms in total. The van der Waals surface area contributed by atoms with Gasteiger partial charge in [-0.25, -0.2) is 4.79 Å². The predicted octanol–water partition coefficient (Wildman–Crippen LogP) is 1.49. The number of quaternary nitrogens is 1. The third-order valence-electron chi connectivity index (χ3n) is 5.47. The first-order chi connectivity index (χ1) is 11.6. The molecule has 4 rings (SSSR count). The second-order valence-corrected chi connectivity index (χ2v) is 6.96. The van der Waals surface area contributed by atoms with E-state index in [2.05, 4.69) is 23.3 Å². The SMILES string of the molecule is C=C[C@H]1C[NH+]2CC[C@H]1C[C@@H]2CNC(=O)Nc1ccc(C(C)=O)cc1. The standard InChI is InChI=1S/C19H25N3O2/c1-3-14-12-22-9-8-16(14)10-18(22)11-20-19(24)21-17-6-4-15(5-7-17)13(2)23/h3-7,14,16,18H,1,8-12H2,2H3,(H2,20,21,24)/p+1/t14-,16-,18+/m0/s1. The van der Waals surface area contributed by atoms with Crippen molar-refractivity contribution in [3.05, 3.63) is 42.5 Å². The van der Waals surface area contributed by atoms with E-state index in [1.165, 1.54) is 26.3 Å². The molecule has 128 valence electrons. The molecule has 1 unspecified atom stereocenters. The largest absolute Gasteiger partial charge is 0.332 e. The number of rotatable bonds is 5. The first kappa shape index (κ1) is 16.7. The number of benzene rings is 1. The van der Waals surface area contributed by atoms with E-state index in [1.54, 1.807) is 29.2 Å². The summed E-state index contributed by atoms with van der Waals surface area (Å²) in [6.45, 7) is 8.53. The Labute approximate surface area is 143 Å². The van der Waals surface area contributed by atoms with Crippen molar-refractivity contribution in [1.82, 2.24) is 5.32 Å². The third kappa shape index (κ3) is 3.67. The van der Waals surface area contributed by atoms with Gasteiger partial charge in [-0.15, -0.1) is 6.58 Å². The van der Waals surface area contributed by atoms with E-state index in [4.69, 9.17) is 0 Å². The molecule has 2 amide bonds. The summed E-state index contributed by atoms with van der Waals surface area (Å²) < 4.78 is 0. The van der Waals surface area contributed by atoms with Crippen LogP contribution in [-0.2, 0) is 0 Å². The molecule has 0 radical (unpaired) electrons. The van der Waals surface area contributed by atoms with Crippen molar-refractivity contribution < 1.29 is 14.5 Å². The molecule has 0 aromatic heterocycles. The van der Waals surface area contributed by atoms with Crippen LogP contribution in [0.15, 0.2) is 36.9 Å². The summed E-state index contributed by atoms with van der Waals surface area (Å²) in [5.74, 6) is 1.39. The minimum atomic E-state index is -0.187. The van der Waals surface area contributed by atoms with Gasteiger partial charge in [0.15, 0.2) is 5.78 Å². The summed E-state index contributed by atoms with van der Waals surface area (Å²) >= 11 is 0. The van der Waals surface area contributed by atoms with E-state index in [1.807, 2.05) is 0 Å². The average Bonchev–Trinajstić information content (AvgIpc) is 2.60. The molecule has 3 N–H and O–H groups in total. The van der Waals surface area contributed by atoms with Gasteiger partial charge < -0.3 is 15.5 Å². The second kappa shape index (κ2) is 7.18. The molecule has 1 aromatic carbocycles. The van der Waals surface area contributed by atoms with Crippen molar-refractivity contribution >= 4 is 17.5 Å². The smallest absolute Gasteiger partial charge is 0.319 e. The van der Waals surface area contributed by atoms with Gasteiger partial charge in [0.2, 0.25) is 0 Å². The summed E-state index contributed by atoms with van der Waals surface area (Å²) in [7, 11) is 0. The summed E-state index contributed by atoms with van der Waals surface area (Å²) in [4.78, 5) is 24.9. The number of hydrogen-bond acceptors (Lipinski definition) is 2. The molecule has 3 aliphatic rings. The van der Waals surface area contributed by atoms with Gasteiger partial charge in [0, 0.05) is 30.0 Å². The van der Waals surface area contributed by atoms with E-state index in [0.717, 1.165) is 12.5 Å². The van der Waals surface area contributed by atoms with E-state index in [9.17, 15) is 9.59 Å². The zero-order valence-electron chi connectivity index (χ0n) is 14.2. The number of nitrogens with one attached hydrogen (secondary N) is 3. The monoisotopic (exact) mass is 328 g/mol. The molecule has 2 bridgehead atoms. The third-order valence-corrected chi connectivity index (χ3v) is 5.47. The Morgan fingerprint density at radius 3 is 2.67 bits per heavy atom. The summed E-state index contributed by atoms with van der Waals surface area (Å²) in [6, 6.07) is 7.27. The molecule has 0 spiro atoms. The number of anilines is 1. The maximum atomic E-state index is 12.1. The molecule has 0 aliphatic carbocycles. The minimum Gasteiger partial charge on any atom is -0.332 e. The number of piperidine rings is 3. The summed E-state index contributed by atoms with van der Waals surface area (Å²) in [5, 5.41) is 5.82. The van der Waals surface area contributed by atoms with Crippen LogP contribution in [0.4, 0.5) is 10.5 Å². The normalized spacial score (nSPS) is 28.2. The van der Waals surface area contributed by atoms with Crippen molar-refractivity contribution in [3.63, 3.8) is 0 Å². The number of amides is 2. The maximum Gasteiger partial charge on any atom is 0.319 e. The lowest BCUT2D eigenvalue weighted by Gasteiger charge is -2.46. The van der Waals surface area contributed by atoms with Crippen LogP contribution in [0.25, 0.3) is 0 Å². The van der Waals surface area contributed by atoms with Crippen LogP contribution in [0.2, 0.25) is 0 Å². The molecule has 5 heteroatoms. The molecular weight excluding hydrogens is 302 g/mol. The lowest BCUT2D eigenvalue weighted by atomic mass is 9.75. The minimum absolute atomic E-state index is 0.0215. The number of carbonyl (C=O) groups is 2. The fourth-order valence-electron chi connectivity index (χ4n) is 4.03. The highest BCUT2D eigenvalue weighted by molar-refractivity contribution is 5.95. The number of ketones is 1. The van der Waals surface area contributed by atoms with Gasteiger partial charge in [0.1, 0.15) is 6.04 Å². The van der Waals surface area contributed by atoms with Gasteiger partial charge in [0.05, 0.1) is 19.6 Å². The van der Waals surface area contributed by atoms with Gasteiger partial charge in [-0.3, -0.25) is 4.79 Å². The van der Waals surface area contributed by atoms with Crippen molar-refractivity contribution in [2.24, 2.45) is 11.8 Å². The van der Waals surface area contributed by atoms with Gasteiger partial charge in [0.25, 0.3) is 0 Å². The number of Topliss-reactive ketones (excluding diaryl/α,β-unsaturated/α-hetero) is 1. The van der Waals surface area contributed by atoms with Crippen molar-refractivity contribution in [1.29, 1.82) is 0 Å². The van der Waals surface area contributed by atoms with E-state index >= 15 is 0 Å². The summed E-state index contributed by atoms with van der Waals surface area (Å²) in [6.07, 6.45) is 4.54. The van der Waals surface area contributed by atoms with Crippen molar-refractivity contribution in [2.45, 2.75) is 25.8 Å². The Bertz CT molecular complexity index is 626. The molecule has 3 fully saturated rings. The van der Waals surface area contributed by atoms with Crippen LogP contribution in [0.3, 0.4) is 0 Å². The Morgan fingerprint density at radius 1 is 1.33 bits per heavy atom. The topological polar surface area (TPSA) is 62.6 Å². The highest BCUT2D eigenvalue weighted by Gasteiger charge is 2.42. The van der Waals surface area contributed by atoms with E-state index < -0.39 is 0 Å². The van der Waals surface area contributed by atoms with Gasteiger partial charge in [-0.2, -0.15) is 0 Å². The van der Waals surface area contributed by atoms with E-state index in [-0.39, 0.29) is 11.8 Å². The lowest BCUT2D eigenvalue weighted by molar-refractivity contribution is -0.944. The average molecular weight is 328 g/mol.